The molecule has 0 saturated carbocycles. The molecule has 5 nitrogen and oxygen atoms in total. The van der Waals surface area contributed by atoms with E-state index >= 15 is 0 Å². The van der Waals surface area contributed by atoms with Gasteiger partial charge < -0.3 is 15.5 Å². The number of benzene rings is 1. The highest BCUT2D eigenvalue weighted by Gasteiger charge is 2.03. The number of nitrogens with two attached hydrogens (primary N) is 1. The summed E-state index contributed by atoms with van der Waals surface area (Å²) in [6, 6.07) is 7.27. The Balaban J connectivity index is 1.84. The minimum absolute atomic E-state index is 0.196. The summed E-state index contributed by atoms with van der Waals surface area (Å²) >= 11 is 0. The second-order valence-electron chi connectivity index (χ2n) is 4.29. The lowest BCUT2D eigenvalue weighted by molar-refractivity contribution is -0.116. The number of aryl methyl sites for hydroxylation is 1. The van der Waals surface area contributed by atoms with Gasteiger partial charge in [0.25, 0.3) is 0 Å². The van der Waals surface area contributed by atoms with Gasteiger partial charge >= 0.3 is 0 Å². The van der Waals surface area contributed by atoms with Crippen LogP contribution in [-0.2, 0) is 17.8 Å². The topological polar surface area (TPSA) is 81.2 Å². The van der Waals surface area contributed by atoms with Crippen LogP contribution >= 0.6 is 0 Å². The molecule has 1 heterocycles. The van der Waals surface area contributed by atoms with Gasteiger partial charge in [0.15, 0.2) is 0 Å². The van der Waals surface area contributed by atoms with Crippen LogP contribution < -0.4 is 11.1 Å². The number of hydrogen-bond acceptors (Lipinski definition) is 4. The molecule has 0 radical (unpaired) electrons. The highest BCUT2D eigenvalue weighted by atomic mass is 16.4. The van der Waals surface area contributed by atoms with Crippen LogP contribution in [0.25, 0.3) is 6.08 Å². The predicted octanol–water partition coefficient (Wildman–Crippen LogP) is 2.15. The quantitative estimate of drug-likeness (QED) is 0.645. The van der Waals surface area contributed by atoms with Crippen LogP contribution in [0.4, 0.5) is 5.69 Å². The number of hydrogen-bond donors (Lipinski definition) is 2. The van der Waals surface area contributed by atoms with E-state index in [0.29, 0.717) is 11.6 Å². The van der Waals surface area contributed by atoms with Crippen molar-refractivity contribution in [2.45, 2.75) is 19.9 Å². The van der Waals surface area contributed by atoms with Gasteiger partial charge in [-0.05, 0) is 23.8 Å². The van der Waals surface area contributed by atoms with Crippen LogP contribution in [0.1, 0.15) is 24.1 Å². The van der Waals surface area contributed by atoms with Crippen molar-refractivity contribution in [2.24, 2.45) is 0 Å². The number of carbonyl (C=O) groups excluding carboxylic acids is 1. The van der Waals surface area contributed by atoms with Crippen LogP contribution in [0, 0.1) is 0 Å². The van der Waals surface area contributed by atoms with E-state index in [2.05, 4.69) is 10.3 Å². The van der Waals surface area contributed by atoms with Crippen molar-refractivity contribution >= 4 is 17.7 Å². The first-order valence-corrected chi connectivity index (χ1v) is 6.42. The molecule has 1 aromatic carbocycles. The maximum absolute atomic E-state index is 11.6. The molecule has 0 saturated heterocycles. The lowest BCUT2D eigenvalue weighted by Crippen LogP contribution is -2.20. The second kappa shape index (κ2) is 6.56. The Hall–Kier alpha value is -2.56. The first-order chi connectivity index (χ1) is 9.67. The van der Waals surface area contributed by atoms with E-state index in [1.54, 1.807) is 24.4 Å². The minimum Gasteiger partial charge on any atom is -0.444 e. The van der Waals surface area contributed by atoms with E-state index < -0.39 is 0 Å². The van der Waals surface area contributed by atoms with Crippen LogP contribution in [0.5, 0.6) is 0 Å². The van der Waals surface area contributed by atoms with Gasteiger partial charge in [-0.3, -0.25) is 4.79 Å². The van der Waals surface area contributed by atoms with Crippen LogP contribution in [0.15, 0.2) is 41.0 Å². The zero-order chi connectivity index (χ0) is 14.4. The second-order valence-corrected chi connectivity index (χ2v) is 4.29. The molecule has 0 aliphatic heterocycles. The lowest BCUT2D eigenvalue weighted by Gasteiger charge is -1.98. The van der Waals surface area contributed by atoms with Crippen LogP contribution in [-0.4, -0.2) is 10.9 Å². The molecular formula is C15H17N3O2. The molecule has 0 fully saturated rings. The number of amides is 1. The van der Waals surface area contributed by atoms with E-state index in [4.69, 9.17) is 10.2 Å². The lowest BCUT2D eigenvalue weighted by atomic mass is 10.2. The summed E-state index contributed by atoms with van der Waals surface area (Å²) in [4.78, 5) is 15.7. The Bertz CT molecular complexity index is 600. The van der Waals surface area contributed by atoms with Gasteiger partial charge in [-0.25, -0.2) is 4.98 Å². The highest BCUT2D eigenvalue weighted by Crippen LogP contribution is 2.07. The van der Waals surface area contributed by atoms with Crippen molar-refractivity contribution in [1.82, 2.24) is 10.3 Å². The van der Waals surface area contributed by atoms with Crippen molar-refractivity contribution in [3.05, 3.63) is 53.8 Å². The fourth-order valence-electron chi connectivity index (χ4n) is 1.59. The van der Waals surface area contributed by atoms with Crippen molar-refractivity contribution in [1.29, 1.82) is 0 Å². The van der Waals surface area contributed by atoms with Crippen molar-refractivity contribution < 1.29 is 9.21 Å². The third-order valence-electron chi connectivity index (χ3n) is 2.73. The van der Waals surface area contributed by atoms with Gasteiger partial charge in [0.05, 0.1) is 12.7 Å². The van der Waals surface area contributed by atoms with Gasteiger partial charge in [-0.1, -0.05) is 19.1 Å². The highest BCUT2D eigenvalue weighted by molar-refractivity contribution is 5.91. The average molecular weight is 271 g/mol. The summed E-state index contributed by atoms with van der Waals surface area (Å²) in [5.74, 6) is 1.13. The minimum atomic E-state index is -0.196. The standard InChI is InChI=1S/C15H17N3O2/c1-2-13-9-18-15(20-13)10-17-14(19)8-5-11-3-6-12(16)7-4-11/h3-9H,2,10,16H2,1H3,(H,17,19)/b8-5+. The molecule has 2 aromatic rings. The molecule has 20 heavy (non-hydrogen) atoms. The Morgan fingerprint density at radius 3 is 2.80 bits per heavy atom. The van der Waals surface area contributed by atoms with Gasteiger partial charge in [-0.15, -0.1) is 0 Å². The molecule has 0 aliphatic carbocycles. The molecule has 0 bridgehead atoms. The predicted molar refractivity (Wildman–Crippen MR) is 77.6 cm³/mol. The molecule has 1 aromatic heterocycles. The maximum Gasteiger partial charge on any atom is 0.244 e. The van der Waals surface area contributed by atoms with Gasteiger partial charge in [0.2, 0.25) is 11.8 Å². The summed E-state index contributed by atoms with van der Waals surface area (Å²) in [7, 11) is 0. The summed E-state index contributed by atoms with van der Waals surface area (Å²) < 4.78 is 5.40. The first-order valence-electron chi connectivity index (χ1n) is 6.42. The normalized spacial score (nSPS) is 10.8. The number of carbonyl (C=O) groups is 1. The van der Waals surface area contributed by atoms with Crippen molar-refractivity contribution in [3.8, 4) is 0 Å². The SMILES string of the molecule is CCc1cnc(CNC(=O)/C=C/c2ccc(N)cc2)o1. The molecule has 104 valence electrons. The smallest absolute Gasteiger partial charge is 0.244 e. The third kappa shape index (κ3) is 3.98. The molecule has 0 spiro atoms. The number of nitrogen functional groups attached to an aromatic ring is 1. The molecular weight excluding hydrogens is 254 g/mol. The van der Waals surface area contributed by atoms with E-state index in [-0.39, 0.29) is 12.5 Å². The van der Waals surface area contributed by atoms with Crippen LogP contribution in [0.3, 0.4) is 0 Å². The van der Waals surface area contributed by atoms with E-state index in [0.717, 1.165) is 17.7 Å². The van der Waals surface area contributed by atoms with Gasteiger partial charge in [0, 0.05) is 18.2 Å². The largest absolute Gasteiger partial charge is 0.444 e. The summed E-state index contributed by atoms with van der Waals surface area (Å²) in [5, 5.41) is 2.71. The Kier molecular flexibility index (Phi) is 4.55. The molecule has 2 rings (SSSR count). The number of oxazole rings is 1. The van der Waals surface area contributed by atoms with Gasteiger partial charge in [-0.2, -0.15) is 0 Å². The maximum atomic E-state index is 11.6. The van der Waals surface area contributed by atoms with Crippen molar-refractivity contribution in [3.63, 3.8) is 0 Å². The van der Waals surface area contributed by atoms with Crippen LogP contribution in [0.2, 0.25) is 0 Å². The summed E-state index contributed by atoms with van der Waals surface area (Å²) in [5.41, 5.74) is 7.20. The molecule has 0 atom stereocenters. The molecule has 1 amide bonds. The Morgan fingerprint density at radius 2 is 2.15 bits per heavy atom. The Labute approximate surface area is 117 Å². The number of anilines is 1. The first kappa shape index (κ1) is 13.9. The number of aromatic nitrogens is 1. The fraction of sp³-hybridized carbons (Fsp3) is 0.200. The molecule has 3 N–H and O–H groups in total. The van der Waals surface area contributed by atoms with Gasteiger partial charge in [0.1, 0.15) is 5.76 Å². The third-order valence-corrected chi connectivity index (χ3v) is 2.73. The summed E-state index contributed by atoms with van der Waals surface area (Å²) in [6.07, 6.45) is 5.65. The zero-order valence-electron chi connectivity index (χ0n) is 11.3. The fourth-order valence-corrected chi connectivity index (χ4v) is 1.59. The molecule has 5 heteroatoms. The van der Waals surface area contributed by atoms with E-state index in [9.17, 15) is 4.79 Å². The summed E-state index contributed by atoms with van der Waals surface area (Å²) in [6.45, 7) is 2.27. The molecule has 0 unspecified atom stereocenters. The monoisotopic (exact) mass is 271 g/mol. The molecule has 0 aliphatic rings. The Morgan fingerprint density at radius 1 is 1.40 bits per heavy atom. The average Bonchev–Trinajstić information content (AvgIpc) is 2.92. The van der Waals surface area contributed by atoms with E-state index in [1.807, 2.05) is 19.1 Å². The number of nitrogens with zero attached hydrogens (tertiary/aromatic N) is 1. The number of rotatable bonds is 5. The van der Waals surface area contributed by atoms with E-state index in [1.165, 1.54) is 6.08 Å². The zero-order valence-corrected chi connectivity index (χ0v) is 11.3. The van der Waals surface area contributed by atoms with Crippen molar-refractivity contribution in [2.75, 3.05) is 5.73 Å². The number of nitrogens with one attached hydrogen (secondary N) is 1.